The second-order valence-corrected chi connectivity index (χ2v) is 7.86. The highest BCUT2D eigenvalue weighted by atomic mass is 16.2. The lowest BCUT2D eigenvalue weighted by atomic mass is 9.99. The Bertz CT molecular complexity index is 824. The molecule has 2 heterocycles. The Morgan fingerprint density at radius 3 is 2.48 bits per heavy atom. The number of hydrogen-bond acceptors (Lipinski definition) is 3. The molecule has 0 N–H and O–H groups in total. The third kappa shape index (κ3) is 3.95. The first-order valence-electron chi connectivity index (χ1n) is 10.0. The predicted octanol–water partition coefficient (Wildman–Crippen LogP) is 3.40. The zero-order valence-corrected chi connectivity index (χ0v) is 16.4. The highest BCUT2D eigenvalue weighted by Crippen LogP contribution is 2.28. The van der Waals surface area contributed by atoms with Gasteiger partial charge in [0, 0.05) is 44.1 Å². The molecule has 2 aromatic rings. The summed E-state index contributed by atoms with van der Waals surface area (Å²) in [5.41, 5.74) is 6.48. The van der Waals surface area contributed by atoms with Gasteiger partial charge >= 0.3 is 0 Å². The largest absolute Gasteiger partial charge is 0.368 e. The van der Waals surface area contributed by atoms with Gasteiger partial charge in [-0.3, -0.25) is 4.79 Å². The van der Waals surface area contributed by atoms with Crippen molar-refractivity contribution in [1.29, 1.82) is 0 Å². The predicted molar refractivity (Wildman–Crippen MR) is 112 cm³/mol. The van der Waals surface area contributed by atoms with Crippen molar-refractivity contribution in [2.75, 3.05) is 49.1 Å². The molecule has 4 heteroatoms. The monoisotopic (exact) mass is 363 g/mol. The molecule has 4 rings (SSSR count). The molecule has 27 heavy (non-hydrogen) atoms. The van der Waals surface area contributed by atoms with Crippen LogP contribution in [-0.4, -0.2) is 50.1 Å². The summed E-state index contributed by atoms with van der Waals surface area (Å²) in [5, 5.41) is 0. The molecule has 0 atom stereocenters. The van der Waals surface area contributed by atoms with Gasteiger partial charge in [-0.05, 0) is 56.0 Å². The number of anilines is 2. The van der Waals surface area contributed by atoms with Gasteiger partial charge in [0.15, 0.2) is 0 Å². The standard InChI is InChI=1S/C23H29N3O/c1-18-5-3-7-21(16-18)24-11-13-25(14-12-24)23(27)17-26-10-4-6-20-15-19(2)8-9-22(20)26/h3,5,7-9,15-16H,4,6,10-14,17H2,1-2H3. The molecule has 1 fully saturated rings. The lowest BCUT2D eigenvalue weighted by molar-refractivity contribution is -0.130. The lowest BCUT2D eigenvalue weighted by Crippen LogP contribution is -2.51. The normalized spacial score (nSPS) is 17.0. The summed E-state index contributed by atoms with van der Waals surface area (Å²) in [6, 6.07) is 15.2. The number of hydrogen-bond donors (Lipinski definition) is 0. The van der Waals surface area contributed by atoms with E-state index in [1.54, 1.807) is 0 Å². The zero-order valence-electron chi connectivity index (χ0n) is 16.4. The number of aryl methyl sites for hydroxylation is 3. The minimum atomic E-state index is 0.257. The summed E-state index contributed by atoms with van der Waals surface area (Å²) in [5.74, 6) is 0.257. The molecule has 1 saturated heterocycles. The summed E-state index contributed by atoms with van der Waals surface area (Å²) in [7, 11) is 0. The van der Waals surface area contributed by atoms with Crippen molar-refractivity contribution < 1.29 is 4.79 Å². The van der Waals surface area contributed by atoms with Crippen LogP contribution in [0.4, 0.5) is 11.4 Å². The van der Waals surface area contributed by atoms with Gasteiger partial charge in [0.2, 0.25) is 5.91 Å². The van der Waals surface area contributed by atoms with E-state index < -0.39 is 0 Å². The fourth-order valence-electron chi connectivity index (χ4n) is 4.27. The van der Waals surface area contributed by atoms with Gasteiger partial charge in [-0.25, -0.2) is 0 Å². The minimum Gasteiger partial charge on any atom is -0.368 e. The van der Waals surface area contributed by atoms with E-state index in [-0.39, 0.29) is 5.91 Å². The van der Waals surface area contributed by atoms with Crippen LogP contribution < -0.4 is 9.80 Å². The van der Waals surface area contributed by atoms with E-state index >= 15 is 0 Å². The average molecular weight is 364 g/mol. The van der Waals surface area contributed by atoms with Crippen molar-refractivity contribution in [3.8, 4) is 0 Å². The Morgan fingerprint density at radius 1 is 0.926 bits per heavy atom. The molecular weight excluding hydrogens is 334 g/mol. The zero-order chi connectivity index (χ0) is 18.8. The summed E-state index contributed by atoms with van der Waals surface area (Å²) in [6.45, 7) is 9.17. The first kappa shape index (κ1) is 17.9. The van der Waals surface area contributed by atoms with Crippen LogP contribution in [0, 0.1) is 13.8 Å². The third-order valence-electron chi connectivity index (χ3n) is 5.78. The van der Waals surface area contributed by atoms with Gasteiger partial charge in [0.25, 0.3) is 0 Å². The molecule has 0 saturated carbocycles. The molecular formula is C23H29N3O. The van der Waals surface area contributed by atoms with E-state index in [1.165, 1.54) is 28.1 Å². The smallest absolute Gasteiger partial charge is 0.242 e. The van der Waals surface area contributed by atoms with Crippen LogP contribution in [0.1, 0.15) is 23.1 Å². The molecule has 0 unspecified atom stereocenters. The number of carbonyl (C=O) groups excluding carboxylic acids is 1. The average Bonchev–Trinajstić information content (AvgIpc) is 2.68. The maximum absolute atomic E-state index is 12.9. The van der Waals surface area contributed by atoms with E-state index in [9.17, 15) is 4.79 Å². The second kappa shape index (κ2) is 7.63. The first-order valence-corrected chi connectivity index (χ1v) is 10.0. The molecule has 0 spiro atoms. The van der Waals surface area contributed by atoms with Crippen LogP contribution >= 0.6 is 0 Å². The number of rotatable bonds is 3. The molecule has 0 aromatic heterocycles. The number of nitrogens with zero attached hydrogens (tertiary/aromatic N) is 3. The van der Waals surface area contributed by atoms with Gasteiger partial charge in [0.1, 0.15) is 0 Å². The SMILES string of the molecule is Cc1cccc(N2CCN(C(=O)CN3CCCc4cc(C)ccc43)CC2)c1. The van der Waals surface area contributed by atoms with E-state index in [1.807, 2.05) is 4.90 Å². The molecule has 1 amide bonds. The third-order valence-corrected chi connectivity index (χ3v) is 5.78. The maximum Gasteiger partial charge on any atom is 0.242 e. The summed E-state index contributed by atoms with van der Waals surface area (Å²) in [6.07, 6.45) is 2.25. The Hall–Kier alpha value is -2.49. The van der Waals surface area contributed by atoms with Gasteiger partial charge in [0.05, 0.1) is 6.54 Å². The van der Waals surface area contributed by atoms with Crippen LogP contribution in [0.15, 0.2) is 42.5 Å². The Labute approximate surface area is 162 Å². The van der Waals surface area contributed by atoms with Gasteiger partial charge in [-0.15, -0.1) is 0 Å². The molecule has 0 radical (unpaired) electrons. The quantitative estimate of drug-likeness (QED) is 0.836. The Balaban J connectivity index is 1.37. The molecule has 142 valence electrons. The lowest BCUT2D eigenvalue weighted by Gasteiger charge is -2.38. The molecule has 2 aromatic carbocycles. The molecule has 2 aliphatic rings. The van der Waals surface area contributed by atoms with E-state index in [0.29, 0.717) is 6.54 Å². The van der Waals surface area contributed by atoms with Crippen LogP contribution in [0.25, 0.3) is 0 Å². The van der Waals surface area contributed by atoms with Gasteiger partial charge in [-0.2, -0.15) is 0 Å². The van der Waals surface area contributed by atoms with E-state index in [0.717, 1.165) is 45.6 Å². The fraction of sp³-hybridized carbons (Fsp3) is 0.435. The number of amides is 1. The number of carbonyl (C=O) groups is 1. The molecule has 0 aliphatic carbocycles. The van der Waals surface area contributed by atoms with Crippen molar-refractivity contribution >= 4 is 17.3 Å². The highest BCUT2D eigenvalue weighted by Gasteiger charge is 2.25. The van der Waals surface area contributed by atoms with Crippen molar-refractivity contribution in [2.24, 2.45) is 0 Å². The van der Waals surface area contributed by atoms with Crippen molar-refractivity contribution in [3.63, 3.8) is 0 Å². The van der Waals surface area contributed by atoms with Crippen LogP contribution in [-0.2, 0) is 11.2 Å². The second-order valence-electron chi connectivity index (χ2n) is 7.86. The van der Waals surface area contributed by atoms with E-state index in [2.05, 4.69) is 66.1 Å². The number of piperazine rings is 1. The van der Waals surface area contributed by atoms with Crippen LogP contribution in [0.2, 0.25) is 0 Å². The first-order chi connectivity index (χ1) is 13.1. The fourth-order valence-corrected chi connectivity index (χ4v) is 4.27. The summed E-state index contributed by atoms with van der Waals surface area (Å²) in [4.78, 5) is 19.6. The van der Waals surface area contributed by atoms with Crippen molar-refractivity contribution in [2.45, 2.75) is 26.7 Å². The summed E-state index contributed by atoms with van der Waals surface area (Å²) < 4.78 is 0. The molecule has 0 bridgehead atoms. The van der Waals surface area contributed by atoms with Gasteiger partial charge < -0.3 is 14.7 Å². The molecule has 4 nitrogen and oxygen atoms in total. The number of benzene rings is 2. The van der Waals surface area contributed by atoms with Crippen molar-refractivity contribution in [1.82, 2.24) is 4.90 Å². The highest BCUT2D eigenvalue weighted by molar-refractivity contribution is 5.82. The Kier molecular flexibility index (Phi) is 5.06. The Morgan fingerprint density at radius 2 is 1.70 bits per heavy atom. The maximum atomic E-state index is 12.9. The van der Waals surface area contributed by atoms with Crippen LogP contribution in [0.3, 0.4) is 0 Å². The van der Waals surface area contributed by atoms with Gasteiger partial charge in [-0.1, -0.05) is 29.8 Å². The minimum absolute atomic E-state index is 0.257. The van der Waals surface area contributed by atoms with Crippen LogP contribution in [0.5, 0.6) is 0 Å². The van der Waals surface area contributed by atoms with E-state index in [4.69, 9.17) is 0 Å². The topological polar surface area (TPSA) is 26.8 Å². The summed E-state index contributed by atoms with van der Waals surface area (Å²) >= 11 is 0. The molecule has 2 aliphatic heterocycles. The van der Waals surface area contributed by atoms with Crippen molar-refractivity contribution in [3.05, 3.63) is 59.2 Å². The number of fused-ring (bicyclic) bond motifs is 1.